The zero-order chi connectivity index (χ0) is 12.6. The summed E-state index contributed by atoms with van der Waals surface area (Å²) in [6, 6.07) is 1.39. The molecule has 1 amide bonds. The summed E-state index contributed by atoms with van der Waals surface area (Å²) in [5, 5.41) is 2.22. The SMILES string of the molecule is CN(C(=O)c1cc(Cl)cs1)C1CCS(=O)(=O)C1. The Hall–Kier alpha value is -0.590. The standard InChI is InChI=1S/C10H12ClNO3S2/c1-12(8-2-3-17(14,15)6-8)10(13)9-4-7(11)5-16-9/h4-5,8H,2-3,6H2,1H3. The van der Waals surface area contributed by atoms with Crippen LogP contribution in [0, 0.1) is 0 Å². The van der Waals surface area contributed by atoms with Gasteiger partial charge in [0.1, 0.15) is 0 Å². The second kappa shape index (κ2) is 4.59. The first kappa shape index (κ1) is 12.9. The second-order valence-corrected chi connectivity index (χ2v) is 7.68. The number of halogens is 1. The number of carbonyl (C=O) groups excluding carboxylic acids is 1. The lowest BCUT2D eigenvalue weighted by Crippen LogP contribution is -2.37. The molecule has 2 rings (SSSR count). The van der Waals surface area contributed by atoms with Crippen LogP contribution in [0.4, 0.5) is 0 Å². The topological polar surface area (TPSA) is 54.5 Å². The molecule has 1 aliphatic rings. The Morgan fingerprint density at radius 3 is 2.76 bits per heavy atom. The third-order valence-corrected chi connectivity index (χ3v) is 5.87. The van der Waals surface area contributed by atoms with E-state index in [-0.39, 0.29) is 23.5 Å². The Morgan fingerprint density at radius 2 is 2.29 bits per heavy atom. The second-order valence-electron chi connectivity index (χ2n) is 4.10. The first-order chi connectivity index (χ1) is 7.89. The number of hydrogen-bond acceptors (Lipinski definition) is 4. The van der Waals surface area contributed by atoms with Gasteiger partial charge in [0.2, 0.25) is 0 Å². The smallest absolute Gasteiger partial charge is 0.263 e. The lowest BCUT2D eigenvalue weighted by atomic mass is 10.2. The Morgan fingerprint density at radius 1 is 1.59 bits per heavy atom. The molecular formula is C10H12ClNO3S2. The summed E-state index contributed by atoms with van der Waals surface area (Å²) < 4.78 is 22.7. The minimum atomic E-state index is -2.97. The van der Waals surface area contributed by atoms with Gasteiger partial charge in [-0.05, 0) is 12.5 Å². The van der Waals surface area contributed by atoms with Crippen molar-refractivity contribution in [3.05, 3.63) is 21.3 Å². The maximum absolute atomic E-state index is 12.0. The van der Waals surface area contributed by atoms with E-state index < -0.39 is 9.84 Å². The highest BCUT2D eigenvalue weighted by molar-refractivity contribution is 7.91. The average molecular weight is 294 g/mol. The molecule has 0 aromatic carbocycles. The van der Waals surface area contributed by atoms with Gasteiger partial charge in [-0.15, -0.1) is 11.3 Å². The van der Waals surface area contributed by atoms with E-state index in [0.29, 0.717) is 16.3 Å². The Balaban J connectivity index is 2.11. The van der Waals surface area contributed by atoms with Gasteiger partial charge in [0, 0.05) is 18.5 Å². The van der Waals surface area contributed by atoms with Crippen molar-refractivity contribution >= 4 is 38.7 Å². The third kappa shape index (κ3) is 2.81. The molecule has 0 bridgehead atoms. The Bertz CT molecular complexity index is 538. The number of rotatable bonds is 2. The summed E-state index contributed by atoms with van der Waals surface area (Å²) in [6.07, 6.45) is 0.518. The summed E-state index contributed by atoms with van der Waals surface area (Å²) in [7, 11) is -1.33. The van der Waals surface area contributed by atoms with E-state index in [1.807, 2.05) is 0 Å². The summed E-state index contributed by atoms with van der Waals surface area (Å²) in [5.74, 6) is 0.0680. The molecule has 0 spiro atoms. The maximum Gasteiger partial charge on any atom is 0.263 e. The van der Waals surface area contributed by atoms with Crippen molar-refractivity contribution in [1.29, 1.82) is 0 Å². The quantitative estimate of drug-likeness (QED) is 0.833. The van der Waals surface area contributed by atoms with E-state index in [9.17, 15) is 13.2 Å². The molecular weight excluding hydrogens is 282 g/mol. The van der Waals surface area contributed by atoms with Crippen molar-refractivity contribution in [2.45, 2.75) is 12.5 Å². The van der Waals surface area contributed by atoms with Crippen molar-refractivity contribution in [3.63, 3.8) is 0 Å². The zero-order valence-corrected chi connectivity index (χ0v) is 11.6. The minimum absolute atomic E-state index is 0.0638. The monoisotopic (exact) mass is 293 g/mol. The van der Waals surface area contributed by atoms with Crippen molar-refractivity contribution in [1.82, 2.24) is 4.90 Å². The Labute approximate surface area is 109 Å². The van der Waals surface area contributed by atoms with E-state index in [4.69, 9.17) is 11.6 Å². The van der Waals surface area contributed by atoms with E-state index in [2.05, 4.69) is 0 Å². The van der Waals surface area contributed by atoms with Gasteiger partial charge < -0.3 is 4.90 Å². The number of hydrogen-bond donors (Lipinski definition) is 0. The first-order valence-corrected chi connectivity index (χ1v) is 8.18. The molecule has 0 aliphatic carbocycles. The largest absolute Gasteiger partial charge is 0.337 e. The summed E-state index contributed by atoms with van der Waals surface area (Å²) >= 11 is 7.03. The molecule has 1 fully saturated rings. The molecule has 0 saturated carbocycles. The van der Waals surface area contributed by atoms with Crippen molar-refractivity contribution in [3.8, 4) is 0 Å². The van der Waals surface area contributed by atoms with Gasteiger partial charge in [0.15, 0.2) is 9.84 Å². The molecule has 4 nitrogen and oxygen atoms in total. The highest BCUT2D eigenvalue weighted by atomic mass is 35.5. The molecule has 1 atom stereocenters. The molecule has 1 aliphatic heterocycles. The van der Waals surface area contributed by atoms with Gasteiger partial charge in [0.25, 0.3) is 5.91 Å². The summed E-state index contributed by atoms with van der Waals surface area (Å²) in [5.41, 5.74) is 0. The number of amides is 1. The van der Waals surface area contributed by atoms with Crippen LogP contribution in [0.2, 0.25) is 5.02 Å². The van der Waals surface area contributed by atoms with Gasteiger partial charge in [-0.2, -0.15) is 0 Å². The number of thiophene rings is 1. The van der Waals surface area contributed by atoms with E-state index in [1.165, 1.54) is 16.2 Å². The molecule has 1 aromatic rings. The average Bonchev–Trinajstić information content (AvgIpc) is 2.82. The number of sulfone groups is 1. The van der Waals surface area contributed by atoms with Crippen LogP contribution in [0.5, 0.6) is 0 Å². The van der Waals surface area contributed by atoms with Crippen LogP contribution in [-0.2, 0) is 9.84 Å². The highest BCUT2D eigenvalue weighted by Crippen LogP contribution is 2.23. The van der Waals surface area contributed by atoms with Crippen molar-refractivity contribution in [2.75, 3.05) is 18.6 Å². The van der Waals surface area contributed by atoms with E-state index in [1.54, 1.807) is 18.5 Å². The fraction of sp³-hybridized carbons (Fsp3) is 0.500. The van der Waals surface area contributed by atoms with Crippen LogP contribution in [0.1, 0.15) is 16.1 Å². The first-order valence-electron chi connectivity index (χ1n) is 5.11. The van der Waals surface area contributed by atoms with Gasteiger partial charge in [-0.25, -0.2) is 8.42 Å². The van der Waals surface area contributed by atoms with Gasteiger partial charge in [-0.3, -0.25) is 4.79 Å². The Kier molecular flexibility index (Phi) is 3.47. The molecule has 0 N–H and O–H groups in total. The molecule has 2 heterocycles. The van der Waals surface area contributed by atoms with Gasteiger partial charge in [0.05, 0.1) is 21.4 Å². The lowest BCUT2D eigenvalue weighted by molar-refractivity contribution is 0.0752. The third-order valence-electron chi connectivity index (χ3n) is 2.85. The zero-order valence-electron chi connectivity index (χ0n) is 9.22. The van der Waals surface area contributed by atoms with Crippen LogP contribution in [0.25, 0.3) is 0 Å². The van der Waals surface area contributed by atoms with Crippen LogP contribution in [-0.4, -0.2) is 43.8 Å². The fourth-order valence-electron chi connectivity index (χ4n) is 1.85. The molecule has 94 valence electrons. The van der Waals surface area contributed by atoms with Gasteiger partial charge in [-0.1, -0.05) is 11.6 Å². The normalized spacial score (nSPS) is 22.6. The summed E-state index contributed by atoms with van der Waals surface area (Å²) in [6.45, 7) is 0. The molecule has 7 heteroatoms. The minimum Gasteiger partial charge on any atom is -0.337 e. The van der Waals surface area contributed by atoms with Crippen LogP contribution in [0.15, 0.2) is 11.4 Å². The van der Waals surface area contributed by atoms with Crippen molar-refractivity contribution in [2.24, 2.45) is 0 Å². The summed E-state index contributed by atoms with van der Waals surface area (Å²) in [4.78, 5) is 14.1. The molecule has 1 aromatic heterocycles. The fourth-order valence-corrected chi connectivity index (χ4v) is 4.67. The van der Waals surface area contributed by atoms with E-state index >= 15 is 0 Å². The maximum atomic E-state index is 12.0. The van der Waals surface area contributed by atoms with Crippen LogP contribution < -0.4 is 0 Å². The van der Waals surface area contributed by atoms with Gasteiger partial charge >= 0.3 is 0 Å². The number of carbonyl (C=O) groups is 1. The van der Waals surface area contributed by atoms with Crippen LogP contribution >= 0.6 is 22.9 Å². The van der Waals surface area contributed by atoms with Crippen LogP contribution in [0.3, 0.4) is 0 Å². The predicted octanol–water partition coefficient (Wildman–Crippen LogP) is 1.66. The van der Waals surface area contributed by atoms with E-state index in [0.717, 1.165) is 0 Å². The highest BCUT2D eigenvalue weighted by Gasteiger charge is 2.33. The number of nitrogens with zero attached hydrogens (tertiary/aromatic N) is 1. The molecule has 1 unspecified atom stereocenters. The molecule has 1 saturated heterocycles. The molecule has 0 radical (unpaired) electrons. The molecule has 17 heavy (non-hydrogen) atoms. The lowest BCUT2D eigenvalue weighted by Gasteiger charge is -2.22. The predicted molar refractivity (Wildman–Crippen MR) is 68.5 cm³/mol. The van der Waals surface area contributed by atoms with Crippen molar-refractivity contribution < 1.29 is 13.2 Å².